The third-order valence-electron chi connectivity index (χ3n) is 3.39. The summed E-state index contributed by atoms with van der Waals surface area (Å²) >= 11 is 6.06. The minimum atomic E-state index is -0.538. The molecule has 98 valence electrons. The van der Waals surface area contributed by atoms with E-state index in [1.807, 2.05) is 24.3 Å². The second-order valence-electron chi connectivity index (χ2n) is 4.60. The number of benzene rings is 1. The van der Waals surface area contributed by atoms with Crippen LogP contribution in [0.1, 0.15) is 5.56 Å². The fourth-order valence-corrected chi connectivity index (χ4v) is 2.59. The summed E-state index contributed by atoms with van der Waals surface area (Å²) in [5.74, 6) is 0. The van der Waals surface area contributed by atoms with Crippen molar-refractivity contribution < 1.29 is 19.3 Å². The summed E-state index contributed by atoms with van der Waals surface area (Å²) in [5, 5.41) is 10.3. The summed E-state index contributed by atoms with van der Waals surface area (Å²) in [4.78, 5) is 0. The summed E-state index contributed by atoms with van der Waals surface area (Å²) < 4.78 is 16.8. The van der Waals surface area contributed by atoms with Crippen molar-refractivity contribution in [3.63, 3.8) is 0 Å². The quantitative estimate of drug-likeness (QED) is 0.902. The van der Waals surface area contributed by atoms with Crippen molar-refractivity contribution in [2.75, 3.05) is 13.2 Å². The third-order valence-corrected chi connectivity index (χ3v) is 3.76. The lowest BCUT2D eigenvalue weighted by Gasteiger charge is -2.17. The van der Waals surface area contributed by atoms with Crippen molar-refractivity contribution in [2.24, 2.45) is 0 Å². The smallest absolute Gasteiger partial charge is 0.115 e. The van der Waals surface area contributed by atoms with Crippen LogP contribution in [0.4, 0.5) is 0 Å². The van der Waals surface area contributed by atoms with Gasteiger partial charge in [0.05, 0.1) is 19.8 Å². The van der Waals surface area contributed by atoms with Crippen molar-refractivity contribution in [2.45, 2.75) is 31.0 Å². The van der Waals surface area contributed by atoms with Gasteiger partial charge in [0.25, 0.3) is 0 Å². The van der Waals surface area contributed by atoms with Gasteiger partial charge in [-0.1, -0.05) is 29.8 Å². The molecule has 1 aromatic rings. The molecule has 4 nitrogen and oxygen atoms in total. The van der Waals surface area contributed by atoms with E-state index in [9.17, 15) is 5.11 Å². The Morgan fingerprint density at radius 1 is 1.22 bits per heavy atom. The molecule has 2 saturated heterocycles. The molecule has 0 aliphatic carbocycles. The summed E-state index contributed by atoms with van der Waals surface area (Å²) in [6, 6.07) is 7.58. The van der Waals surface area contributed by atoms with Crippen LogP contribution in [0, 0.1) is 0 Å². The molecular formula is C13H15ClO4. The first-order valence-corrected chi connectivity index (χ1v) is 6.40. The molecule has 3 rings (SSSR count). The van der Waals surface area contributed by atoms with E-state index in [4.69, 9.17) is 25.8 Å². The highest BCUT2D eigenvalue weighted by atomic mass is 35.5. The van der Waals surface area contributed by atoms with E-state index in [1.54, 1.807) is 0 Å². The van der Waals surface area contributed by atoms with Crippen molar-refractivity contribution >= 4 is 11.6 Å². The third kappa shape index (κ3) is 2.27. The molecule has 4 atom stereocenters. The standard InChI is InChI=1S/C13H15ClO4/c14-9-4-2-1-3-8(9)5-16-11-7-18-12-10(15)6-17-13(11)12/h1-4,10-13,15H,5-7H2/t10-,11+,12+,13+/m0/s1. The van der Waals surface area contributed by atoms with Crippen LogP contribution in [0.5, 0.6) is 0 Å². The molecule has 18 heavy (non-hydrogen) atoms. The zero-order valence-corrected chi connectivity index (χ0v) is 10.5. The van der Waals surface area contributed by atoms with Gasteiger partial charge in [0, 0.05) is 5.02 Å². The molecule has 0 unspecified atom stereocenters. The van der Waals surface area contributed by atoms with Crippen molar-refractivity contribution in [1.82, 2.24) is 0 Å². The Morgan fingerprint density at radius 3 is 2.83 bits per heavy atom. The lowest BCUT2D eigenvalue weighted by atomic mass is 10.1. The van der Waals surface area contributed by atoms with Gasteiger partial charge in [-0.3, -0.25) is 0 Å². The first-order chi connectivity index (χ1) is 8.75. The van der Waals surface area contributed by atoms with Crippen molar-refractivity contribution in [1.29, 1.82) is 0 Å². The van der Waals surface area contributed by atoms with E-state index < -0.39 is 6.10 Å². The highest BCUT2D eigenvalue weighted by Gasteiger charge is 2.47. The van der Waals surface area contributed by atoms with Crippen LogP contribution in [0.15, 0.2) is 24.3 Å². The van der Waals surface area contributed by atoms with Gasteiger partial charge < -0.3 is 19.3 Å². The maximum Gasteiger partial charge on any atom is 0.115 e. The van der Waals surface area contributed by atoms with E-state index in [2.05, 4.69) is 0 Å². The molecule has 1 N–H and O–H groups in total. The zero-order valence-electron chi connectivity index (χ0n) is 9.79. The molecular weight excluding hydrogens is 256 g/mol. The predicted octanol–water partition coefficient (Wildman–Crippen LogP) is 1.38. The number of rotatable bonds is 3. The monoisotopic (exact) mass is 270 g/mol. The second kappa shape index (κ2) is 5.15. The predicted molar refractivity (Wildman–Crippen MR) is 65.5 cm³/mol. The number of hydrogen-bond donors (Lipinski definition) is 1. The van der Waals surface area contributed by atoms with Gasteiger partial charge in [-0.2, -0.15) is 0 Å². The Labute approximate surface area is 110 Å². The minimum absolute atomic E-state index is 0.136. The first-order valence-electron chi connectivity index (χ1n) is 6.02. The Balaban J connectivity index is 1.60. The number of aliphatic hydroxyl groups is 1. The molecule has 0 saturated carbocycles. The van der Waals surface area contributed by atoms with Crippen molar-refractivity contribution in [3.05, 3.63) is 34.9 Å². The van der Waals surface area contributed by atoms with E-state index >= 15 is 0 Å². The SMILES string of the molecule is O[C@H]1CO[C@H]2[C@@H]1OC[C@H]2OCc1ccccc1Cl. The van der Waals surface area contributed by atoms with Gasteiger partial charge in [0.15, 0.2) is 0 Å². The fourth-order valence-electron chi connectivity index (χ4n) is 2.40. The van der Waals surface area contributed by atoms with Crippen LogP contribution >= 0.6 is 11.6 Å². The average Bonchev–Trinajstić information content (AvgIpc) is 2.93. The lowest BCUT2D eigenvalue weighted by molar-refractivity contribution is -0.0439. The number of hydrogen-bond acceptors (Lipinski definition) is 4. The number of ether oxygens (including phenoxy) is 3. The van der Waals surface area contributed by atoms with Crippen LogP contribution in [0.2, 0.25) is 5.02 Å². The highest BCUT2D eigenvalue weighted by Crippen LogP contribution is 2.29. The Morgan fingerprint density at radius 2 is 2.00 bits per heavy atom. The molecule has 0 bridgehead atoms. The Kier molecular flexibility index (Phi) is 3.54. The molecule has 0 aromatic heterocycles. The summed E-state index contributed by atoms with van der Waals surface area (Å²) in [6.45, 7) is 1.20. The number of halogens is 1. The van der Waals surface area contributed by atoms with Gasteiger partial charge in [0.2, 0.25) is 0 Å². The van der Waals surface area contributed by atoms with Crippen LogP contribution in [-0.4, -0.2) is 42.7 Å². The lowest BCUT2D eigenvalue weighted by Crippen LogP contribution is -2.32. The highest BCUT2D eigenvalue weighted by molar-refractivity contribution is 6.31. The topological polar surface area (TPSA) is 47.9 Å². The number of fused-ring (bicyclic) bond motifs is 1. The van der Waals surface area contributed by atoms with Gasteiger partial charge in [-0.15, -0.1) is 0 Å². The minimum Gasteiger partial charge on any atom is -0.388 e. The molecule has 0 amide bonds. The average molecular weight is 271 g/mol. The van der Waals surface area contributed by atoms with E-state index in [0.717, 1.165) is 5.56 Å². The first kappa shape index (κ1) is 12.4. The van der Waals surface area contributed by atoms with Crippen molar-refractivity contribution in [3.8, 4) is 0 Å². The summed E-state index contributed by atoms with van der Waals surface area (Å²) in [6.07, 6.45) is -1.09. The Hall–Kier alpha value is -0.650. The van der Waals surface area contributed by atoms with Crippen LogP contribution in [0.25, 0.3) is 0 Å². The van der Waals surface area contributed by atoms with Crippen LogP contribution in [0.3, 0.4) is 0 Å². The maximum absolute atomic E-state index is 9.62. The largest absolute Gasteiger partial charge is 0.388 e. The van der Waals surface area contributed by atoms with E-state index in [-0.39, 0.29) is 18.3 Å². The summed E-state index contributed by atoms with van der Waals surface area (Å²) in [5.41, 5.74) is 0.946. The van der Waals surface area contributed by atoms with Gasteiger partial charge in [-0.05, 0) is 11.6 Å². The van der Waals surface area contributed by atoms with Crippen LogP contribution < -0.4 is 0 Å². The normalized spacial score (nSPS) is 34.8. The fraction of sp³-hybridized carbons (Fsp3) is 0.538. The maximum atomic E-state index is 9.62. The van der Waals surface area contributed by atoms with E-state index in [1.165, 1.54) is 0 Å². The van der Waals surface area contributed by atoms with E-state index in [0.29, 0.717) is 24.8 Å². The molecule has 0 spiro atoms. The van der Waals surface area contributed by atoms with Gasteiger partial charge >= 0.3 is 0 Å². The zero-order chi connectivity index (χ0) is 12.5. The molecule has 2 aliphatic heterocycles. The molecule has 5 heteroatoms. The molecule has 1 aromatic carbocycles. The molecule has 2 fully saturated rings. The molecule has 2 heterocycles. The van der Waals surface area contributed by atoms with Crippen LogP contribution in [-0.2, 0) is 20.8 Å². The molecule has 2 aliphatic rings. The second-order valence-corrected chi connectivity index (χ2v) is 5.01. The van der Waals surface area contributed by atoms with Gasteiger partial charge in [-0.25, -0.2) is 0 Å². The molecule has 0 radical (unpaired) electrons. The number of aliphatic hydroxyl groups excluding tert-OH is 1. The summed E-state index contributed by atoms with van der Waals surface area (Å²) in [7, 11) is 0. The van der Waals surface area contributed by atoms with Gasteiger partial charge in [0.1, 0.15) is 24.4 Å². The Bertz CT molecular complexity index is 425.